The van der Waals surface area contributed by atoms with Gasteiger partial charge in [0.2, 0.25) is 5.89 Å². The molecule has 2 aromatic heterocycles. The Morgan fingerprint density at radius 3 is 2.89 bits per heavy atom. The van der Waals surface area contributed by atoms with Crippen LogP contribution in [0.1, 0.15) is 5.89 Å². The van der Waals surface area contributed by atoms with Gasteiger partial charge in [-0.05, 0) is 28.1 Å². The maximum absolute atomic E-state index is 5.69. The molecule has 0 aromatic carbocycles. The molecule has 1 fully saturated rings. The molecule has 0 radical (unpaired) electrons. The molecule has 0 aliphatic carbocycles. The molecule has 5 nitrogen and oxygen atoms in total. The molecule has 3 heterocycles. The maximum Gasteiger partial charge on any atom is 0.257 e. The van der Waals surface area contributed by atoms with Crippen molar-refractivity contribution < 1.29 is 4.42 Å². The van der Waals surface area contributed by atoms with Crippen molar-refractivity contribution in [2.75, 3.05) is 26.2 Å². The first-order valence-corrected chi connectivity index (χ1v) is 7.43. The molecule has 0 spiro atoms. The van der Waals surface area contributed by atoms with Crippen molar-refractivity contribution in [3.05, 3.63) is 21.8 Å². The van der Waals surface area contributed by atoms with E-state index in [4.69, 9.17) is 4.42 Å². The SMILES string of the molecule is Brc1ccc(-c2nnc(CN3CCNCC3)o2)s1. The summed E-state index contributed by atoms with van der Waals surface area (Å²) in [6.45, 7) is 4.85. The predicted molar refractivity (Wildman–Crippen MR) is 73.5 cm³/mol. The van der Waals surface area contributed by atoms with Crippen LogP contribution >= 0.6 is 27.3 Å². The Balaban J connectivity index is 1.69. The van der Waals surface area contributed by atoms with Crippen LogP contribution < -0.4 is 5.32 Å². The highest BCUT2D eigenvalue weighted by Crippen LogP contribution is 2.30. The largest absolute Gasteiger partial charge is 0.419 e. The molecule has 0 atom stereocenters. The van der Waals surface area contributed by atoms with Gasteiger partial charge >= 0.3 is 0 Å². The molecule has 1 aliphatic rings. The van der Waals surface area contributed by atoms with Gasteiger partial charge in [0, 0.05) is 26.2 Å². The summed E-state index contributed by atoms with van der Waals surface area (Å²) < 4.78 is 6.76. The summed E-state index contributed by atoms with van der Waals surface area (Å²) >= 11 is 5.03. The zero-order valence-electron chi connectivity index (χ0n) is 9.73. The van der Waals surface area contributed by atoms with Crippen molar-refractivity contribution in [1.82, 2.24) is 20.4 Å². The number of hydrogen-bond acceptors (Lipinski definition) is 6. The van der Waals surface area contributed by atoms with Gasteiger partial charge in [0.15, 0.2) is 0 Å². The summed E-state index contributed by atoms with van der Waals surface area (Å²) in [5, 5.41) is 11.5. The van der Waals surface area contributed by atoms with Crippen molar-refractivity contribution in [3.63, 3.8) is 0 Å². The molecule has 0 bridgehead atoms. The fraction of sp³-hybridized carbons (Fsp3) is 0.455. The Morgan fingerprint density at radius 1 is 1.33 bits per heavy atom. The highest BCUT2D eigenvalue weighted by molar-refractivity contribution is 9.11. The first-order valence-electron chi connectivity index (χ1n) is 5.82. The zero-order chi connectivity index (χ0) is 12.4. The minimum absolute atomic E-state index is 0.607. The van der Waals surface area contributed by atoms with E-state index in [2.05, 4.69) is 36.3 Å². The molecule has 3 rings (SSSR count). The average Bonchev–Trinajstić information content (AvgIpc) is 2.99. The molecule has 18 heavy (non-hydrogen) atoms. The molecule has 2 aromatic rings. The second-order valence-corrected chi connectivity index (χ2v) is 6.59. The molecular weight excluding hydrogens is 316 g/mol. The Hall–Kier alpha value is -0.760. The van der Waals surface area contributed by atoms with Gasteiger partial charge in [-0.3, -0.25) is 4.90 Å². The van der Waals surface area contributed by atoms with Gasteiger partial charge in [0.05, 0.1) is 15.2 Å². The van der Waals surface area contributed by atoms with Crippen LogP contribution in [0.5, 0.6) is 0 Å². The van der Waals surface area contributed by atoms with Crippen LogP contribution in [-0.2, 0) is 6.54 Å². The first-order chi connectivity index (χ1) is 8.81. The number of piperazine rings is 1. The van der Waals surface area contributed by atoms with Gasteiger partial charge < -0.3 is 9.73 Å². The quantitative estimate of drug-likeness (QED) is 0.933. The van der Waals surface area contributed by atoms with Crippen molar-refractivity contribution in [3.8, 4) is 10.8 Å². The van der Waals surface area contributed by atoms with Gasteiger partial charge in [0.25, 0.3) is 5.89 Å². The van der Waals surface area contributed by atoms with Crippen LogP contribution in [0.3, 0.4) is 0 Å². The van der Waals surface area contributed by atoms with Crippen molar-refractivity contribution in [2.45, 2.75) is 6.54 Å². The third-order valence-electron chi connectivity index (χ3n) is 2.82. The number of nitrogens with zero attached hydrogens (tertiary/aromatic N) is 3. The fourth-order valence-corrected chi connectivity index (χ4v) is 3.21. The molecule has 1 N–H and O–H groups in total. The summed E-state index contributed by atoms with van der Waals surface area (Å²) in [6, 6.07) is 3.97. The van der Waals surface area contributed by atoms with E-state index < -0.39 is 0 Å². The average molecular weight is 329 g/mol. The lowest BCUT2D eigenvalue weighted by molar-refractivity contribution is 0.213. The third-order valence-corrected chi connectivity index (χ3v) is 4.43. The first kappa shape index (κ1) is 12.3. The second kappa shape index (κ2) is 5.48. The lowest BCUT2D eigenvalue weighted by Crippen LogP contribution is -2.42. The summed E-state index contributed by atoms with van der Waals surface area (Å²) in [5.74, 6) is 1.30. The van der Waals surface area contributed by atoms with Crippen LogP contribution in [0, 0.1) is 0 Å². The summed E-state index contributed by atoms with van der Waals surface area (Å²) in [4.78, 5) is 3.32. The van der Waals surface area contributed by atoms with Gasteiger partial charge in [-0.2, -0.15) is 0 Å². The van der Waals surface area contributed by atoms with Gasteiger partial charge in [-0.1, -0.05) is 0 Å². The van der Waals surface area contributed by atoms with E-state index in [-0.39, 0.29) is 0 Å². The standard InChI is InChI=1S/C11H13BrN4OS/c12-9-2-1-8(18-9)11-15-14-10(17-11)7-16-5-3-13-4-6-16/h1-2,13H,3-7H2. The smallest absolute Gasteiger partial charge is 0.257 e. The number of rotatable bonds is 3. The Morgan fingerprint density at radius 2 is 2.17 bits per heavy atom. The highest BCUT2D eigenvalue weighted by atomic mass is 79.9. The number of nitrogens with one attached hydrogen (secondary N) is 1. The molecule has 7 heteroatoms. The topological polar surface area (TPSA) is 54.2 Å². The maximum atomic E-state index is 5.69. The van der Waals surface area contributed by atoms with Crippen LogP contribution in [-0.4, -0.2) is 41.3 Å². The van der Waals surface area contributed by atoms with Gasteiger partial charge in [-0.15, -0.1) is 21.5 Å². The Bertz CT molecular complexity index is 521. The number of thiophene rings is 1. The van der Waals surface area contributed by atoms with Crippen molar-refractivity contribution >= 4 is 27.3 Å². The van der Waals surface area contributed by atoms with Gasteiger partial charge in [0.1, 0.15) is 0 Å². The molecule has 1 aliphatic heterocycles. The van der Waals surface area contributed by atoms with Crippen LogP contribution in [0.15, 0.2) is 20.3 Å². The fourth-order valence-electron chi connectivity index (χ4n) is 1.91. The number of hydrogen-bond donors (Lipinski definition) is 1. The molecule has 1 saturated heterocycles. The molecule has 0 unspecified atom stereocenters. The Labute approximate surface area is 117 Å². The van der Waals surface area contributed by atoms with Gasteiger partial charge in [-0.25, -0.2) is 0 Å². The van der Waals surface area contributed by atoms with Crippen LogP contribution in [0.25, 0.3) is 10.8 Å². The van der Waals surface area contributed by atoms with E-state index >= 15 is 0 Å². The van der Waals surface area contributed by atoms with E-state index in [0.717, 1.165) is 41.4 Å². The lowest BCUT2D eigenvalue weighted by Gasteiger charge is -2.25. The van der Waals surface area contributed by atoms with Crippen molar-refractivity contribution in [2.24, 2.45) is 0 Å². The molecular formula is C11H13BrN4OS. The minimum atomic E-state index is 0.607. The van der Waals surface area contributed by atoms with E-state index in [1.165, 1.54) is 0 Å². The highest BCUT2D eigenvalue weighted by Gasteiger charge is 2.15. The third kappa shape index (κ3) is 2.80. The minimum Gasteiger partial charge on any atom is -0.419 e. The van der Waals surface area contributed by atoms with Crippen LogP contribution in [0.4, 0.5) is 0 Å². The molecule has 96 valence electrons. The zero-order valence-corrected chi connectivity index (χ0v) is 12.1. The van der Waals surface area contributed by atoms with E-state index in [0.29, 0.717) is 11.8 Å². The predicted octanol–water partition coefficient (Wildman–Crippen LogP) is 1.97. The summed E-state index contributed by atoms with van der Waals surface area (Å²) in [7, 11) is 0. The van der Waals surface area contributed by atoms with Crippen LogP contribution in [0.2, 0.25) is 0 Å². The molecule has 0 saturated carbocycles. The Kier molecular flexibility index (Phi) is 3.74. The van der Waals surface area contributed by atoms with E-state index in [9.17, 15) is 0 Å². The number of halogens is 1. The normalized spacial score (nSPS) is 17.2. The van der Waals surface area contributed by atoms with Crippen molar-refractivity contribution in [1.29, 1.82) is 0 Å². The monoisotopic (exact) mass is 328 g/mol. The summed E-state index contributed by atoms with van der Waals surface area (Å²) in [5.41, 5.74) is 0. The summed E-state index contributed by atoms with van der Waals surface area (Å²) in [6.07, 6.45) is 0. The van der Waals surface area contributed by atoms with E-state index in [1.54, 1.807) is 11.3 Å². The number of aromatic nitrogens is 2. The lowest BCUT2D eigenvalue weighted by atomic mass is 10.3. The van der Waals surface area contributed by atoms with E-state index in [1.807, 2.05) is 12.1 Å². The molecule has 0 amide bonds. The second-order valence-electron chi connectivity index (χ2n) is 4.13.